The van der Waals surface area contributed by atoms with Gasteiger partial charge in [-0.3, -0.25) is 0 Å². The van der Waals surface area contributed by atoms with Gasteiger partial charge in [-0.2, -0.15) is 0 Å². The molecule has 0 spiro atoms. The van der Waals surface area contributed by atoms with Gasteiger partial charge in [0, 0.05) is 12.7 Å². The fourth-order valence-electron chi connectivity index (χ4n) is 1.91. The van der Waals surface area contributed by atoms with E-state index in [0.717, 1.165) is 42.3 Å². The highest BCUT2D eigenvalue weighted by Gasteiger charge is 2.02. The van der Waals surface area contributed by atoms with Crippen LogP contribution in [0.3, 0.4) is 0 Å². The smallest absolute Gasteiger partial charge is 0.130 e. The Morgan fingerprint density at radius 2 is 1.80 bits per heavy atom. The van der Waals surface area contributed by atoms with E-state index in [4.69, 9.17) is 0 Å². The zero-order chi connectivity index (χ0) is 14.2. The Kier molecular flexibility index (Phi) is 5.38. The van der Waals surface area contributed by atoms with E-state index in [-0.39, 0.29) is 0 Å². The number of para-hydroxylation sites is 2. The highest BCUT2D eigenvalue weighted by Crippen LogP contribution is 2.24. The SMILES string of the molecule is CNCCCNc1ccccc1Nc1ccc(C)cn1. The first-order valence-corrected chi connectivity index (χ1v) is 6.97. The van der Waals surface area contributed by atoms with Crippen LogP contribution in [0.2, 0.25) is 0 Å². The van der Waals surface area contributed by atoms with E-state index in [2.05, 4.69) is 39.1 Å². The lowest BCUT2D eigenvalue weighted by molar-refractivity contribution is 0.748. The molecule has 20 heavy (non-hydrogen) atoms. The Morgan fingerprint density at radius 1 is 1.00 bits per heavy atom. The normalized spacial score (nSPS) is 10.3. The highest BCUT2D eigenvalue weighted by atomic mass is 15.0. The van der Waals surface area contributed by atoms with Crippen LogP contribution in [0.5, 0.6) is 0 Å². The molecule has 0 aliphatic heterocycles. The van der Waals surface area contributed by atoms with Crippen LogP contribution in [0.25, 0.3) is 0 Å². The topological polar surface area (TPSA) is 49.0 Å². The largest absolute Gasteiger partial charge is 0.383 e. The number of aryl methyl sites for hydroxylation is 1. The number of nitrogens with zero attached hydrogens (tertiary/aromatic N) is 1. The highest BCUT2D eigenvalue weighted by molar-refractivity contribution is 5.73. The van der Waals surface area contributed by atoms with Gasteiger partial charge in [-0.15, -0.1) is 0 Å². The molecule has 0 aliphatic rings. The molecule has 106 valence electrons. The van der Waals surface area contributed by atoms with Gasteiger partial charge in [0.15, 0.2) is 0 Å². The molecule has 0 radical (unpaired) electrons. The van der Waals surface area contributed by atoms with Gasteiger partial charge in [-0.1, -0.05) is 18.2 Å². The molecule has 1 aromatic heterocycles. The monoisotopic (exact) mass is 270 g/mol. The maximum absolute atomic E-state index is 4.38. The van der Waals surface area contributed by atoms with Gasteiger partial charge >= 0.3 is 0 Å². The summed E-state index contributed by atoms with van der Waals surface area (Å²) in [5.74, 6) is 0.861. The summed E-state index contributed by atoms with van der Waals surface area (Å²) in [6.45, 7) is 4.00. The molecule has 0 aliphatic carbocycles. The number of rotatable bonds is 7. The summed E-state index contributed by atoms with van der Waals surface area (Å²) in [5, 5.41) is 9.95. The molecule has 0 amide bonds. The van der Waals surface area contributed by atoms with E-state index in [9.17, 15) is 0 Å². The lowest BCUT2D eigenvalue weighted by Gasteiger charge is -2.13. The van der Waals surface area contributed by atoms with Crippen molar-refractivity contribution in [3.05, 3.63) is 48.2 Å². The van der Waals surface area contributed by atoms with Crippen LogP contribution in [-0.4, -0.2) is 25.1 Å². The number of hydrogen-bond donors (Lipinski definition) is 3. The van der Waals surface area contributed by atoms with Gasteiger partial charge in [-0.25, -0.2) is 4.98 Å². The van der Waals surface area contributed by atoms with Crippen molar-refractivity contribution in [3.8, 4) is 0 Å². The molecule has 0 bridgehead atoms. The number of nitrogens with one attached hydrogen (secondary N) is 3. The summed E-state index contributed by atoms with van der Waals surface area (Å²) in [6, 6.07) is 12.2. The third-order valence-corrected chi connectivity index (χ3v) is 3.02. The minimum atomic E-state index is 0.861. The van der Waals surface area contributed by atoms with Crippen molar-refractivity contribution in [3.63, 3.8) is 0 Å². The van der Waals surface area contributed by atoms with Crippen molar-refractivity contribution in [2.24, 2.45) is 0 Å². The maximum Gasteiger partial charge on any atom is 0.130 e. The molecule has 3 N–H and O–H groups in total. The molecule has 4 nitrogen and oxygen atoms in total. The zero-order valence-electron chi connectivity index (χ0n) is 12.1. The average Bonchev–Trinajstić information content (AvgIpc) is 2.47. The summed E-state index contributed by atoms with van der Waals surface area (Å²) in [4.78, 5) is 4.38. The summed E-state index contributed by atoms with van der Waals surface area (Å²) >= 11 is 0. The van der Waals surface area contributed by atoms with Gasteiger partial charge in [-0.05, 0) is 50.7 Å². The second kappa shape index (κ2) is 7.50. The van der Waals surface area contributed by atoms with Crippen LogP contribution in [0.1, 0.15) is 12.0 Å². The zero-order valence-corrected chi connectivity index (χ0v) is 12.1. The van der Waals surface area contributed by atoms with Gasteiger partial charge in [0.05, 0.1) is 11.4 Å². The van der Waals surface area contributed by atoms with E-state index in [1.807, 2.05) is 38.4 Å². The molecule has 1 aromatic carbocycles. The molecule has 4 heteroatoms. The lowest BCUT2D eigenvalue weighted by atomic mass is 10.2. The minimum Gasteiger partial charge on any atom is -0.383 e. The Labute approximate surface area is 120 Å². The molecule has 0 atom stereocenters. The third-order valence-electron chi connectivity index (χ3n) is 3.02. The summed E-state index contributed by atoms with van der Waals surface area (Å²) in [5.41, 5.74) is 3.31. The maximum atomic E-state index is 4.38. The standard InChI is InChI=1S/C16H22N4/c1-13-8-9-16(19-12-13)20-15-7-4-3-6-14(15)18-11-5-10-17-2/h3-4,6-9,12,17-18H,5,10-11H2,1-2H3,(H,19,20). The molecule has 0 saturated heterocycles. The number of anilines is 3. The second-order valence-corrected chi connectivity index (χ2v) is 4.78. The minimum absolute atomic E-state index is 0.861. The summed E-state index contributed by atoms with van der Waals surface area (Å²) in [6.07, 6.45) is 2.96. The fourth-order valence-corrected chi connectivity index (χ4v) is 1.91. The molecule has 1 heterocycles. The van der Waals surface area contributed by atoms with Gasteiger partial charge in [0.25, 0.3) is 0 Å². The van der Waals surface area contributed by atoms with Crippen LogP contribution in [0.15, 0.2) is 42.6 Å². The Balaban J connectivity index is 2.01. The van der Waals surface area contributed by atoms with Crippen molar-refractivity contribution in [2.75, 3.05) is 30.8 Å². The van der Waals surface area contributed by atoms with Gasteiger partial charge in [0.2, 0.25) is 0 Å². The van der Waals surface area contributed by atoms with E-state index in [1.54, 1.807) is 0 Å². The van der Waals surface area contributed by atoms with Crippen LogP contribution in [-0.2, 0) is 0 Å². The average molecular weight is 270 g/mol. The molecule has 2 rings (SSSR count). The van der Waals surface area contributed by atoms with Gasteiger partial charge < -0.3 is 16.0 Å². The molecule has 0 saturated carbocycles. The van der Waals surface area contributed by atoms with E-state index >= 15 is 0 Å². The molecular weight excluding hydrogens is 248 g/mol. The number of pyridine rings is 1. The Bertz CT molecular complexity index is 522. The molecule has 0 fully saturated rings. The van der Waals surface area contributed by atoms with Crippen LogP contribution in [0.4, 0.5) is 17.2 Å². The van der Waals surface area contributed by atoms with Crippen molar-refractivity contribution in [1.82, 2.24) is 10.3 Å². The van der Waals surface area contributed by atoms with Crippen LogP contribution in [0, 0.1) is 6.92 Å². The van der Waals surface area contributed by atoms with Gasteiger partial charge in [0.1, 0.15) is 5.82 Å². The molecule has 0 unspecified atom stereocenters. The van der Waals surface area contributed by atoms with Crippen molar-refractivity contribution >= 4 is 17.2 Å². The predicted octanol–water partition coefficient (Wildman–Crippen LogP) is 3.16. The number of benzene rings is 1. The Morgan fingerprint density at radius 3 is 2.50 bits per heavy atom. The second-order valence-electron chi connectivity index (χ2n) is 4.78. The van der Waals surface area contributed by atoms with E-state index in [1.165, 1.54) is 0 Å². The van der Waals surface area contributed by atoms with Crippen LogP contribution < -0.4 is 16.0 Å². The fraction of sp³-hybridized carbons (Fsp3) is 0.312. The number of aromatic nitrogens is 1. The van der Waals surface area contributed by atoms with Crippen LogP contribution >= 0.6 is 0 Å². The summed E-state index contributed by atoms with van der Waals surface area (Å²) in [7, 11) is 1.97. The van der Waals surface area contributed by atoms with Crippen molar-refractivity contribution < 1.29 is 0 Å². The summed E-state index contributed by atoms with van der Waals surface area (Å²) < 4.78 is 0. The third kappa shape index (κ3) is 4.24. The predicted molar refractivity (Wildman–Crippen MR) is 85.7 cm³/mol. The first-order chi connectivity index (χ1) is 9.79. The number of hydrogen-bond acceptors (Lipinski definition) is 4. The first-order valence-electron chi connectivity index (χ1n) is 6.97. The lowest BCUT2D eigenvalue weighted by Crippen LogP contribution is -2.13. The van der Waals surface area contributed by atoms with E-state index < -0.39 is 0 Å². The molecular formula is C16H22N4. The van der Waals surface area contributed by atoms with Crippen molar-refractivity contribution in [1.29, 1.82) is 0 Å². The van der Waals surface area contributed by atoms with Crippen molar-refractivity contribution in [2.45, 2.75) is 13.3 Å². The Hall–Kier alpha value is -2.07. The van der Waals surface area contributed by atoms with E-state index in [0.29, 0.717) is 0 Å². The first kappa shape index (κ1) is 14.3. The quantitative estimate of drug-likeness (QED) is 0.676. The molecule has 2 aromatic rings.